The van der Waals surface area contributed by atoms with Crippen molar-refractivity contribution in [2.75, 3.05) is 0 Å². The Bertz CT molecular complexity index is 909. The van der Waals surface area contributed by atoms with Gasteiger partial charge in [-0.25, -0.2) is 17.6 Å². The lowest BCUT2D eigenvalue weighted by Crippen LogP contribution is -1.99. The summed E-state index contributed by atoms with van der Waals surface area (Å²) in [4.78, 5) is 2.74. The first-order chi connectivity index (χ1) is 9.88. The SMILES string of the molecule is Fc1cc2c(cc1Cl)[nH]c(=S)n2-c1cc(F)c(F)c(F)c1. The normalized spacial score (nSPS) is 11.3. The summed E-state index contributed by atoms with van der Waals surface area (Å²) in [5.41, 5.74) is 0.549. The first kappa shape index (κ1) is 14.1. The molecule has 3 aromatic rings. The van der Waals surface area contributed by atoms with Crippen molar-refractivity contribution in [1.29, 1.82) is 0 Å². The molecule has 0 fully saturated rings. The molecule has 0 saturated heterocycles. The number of aromatic amines is 1. The standard InChI is InChI=1S/C13H5ClF4N2S/c14-6-3-10-11(4-7(6)15)20(13(21)19-10)5-1-8(16)12(18)9(17)2-5/h1-4H,(H,19,21). The zero-order valence-electron chi connectivity index (χ0n) is 10.1. The molecule has 8 heteroatoms. The van der Waals surface area contributed by atoms with Crippen LogP contribution in [0.2, 0.25) is 5.02 Å². The first-order valence-electron chi connectivity index (χ1n) is 5.63. The van der Waals surface area contributed by atoms with Crippen LogP contribution in [-0.4, -0.2) is 9.55 Å². The smallest absolute Gasteiger partial charge is 0.194 e. The van der Waals surface area contributed by atoms with E-state index in [1.54, 1.807) is 0 Å². The van der Waals surface area contributed by atoms with Crippen molar-refractivity contribution in [3.63, 3.8) is 0 Å². The molecule has 0 amide bonds. The van der Waals surface area contributed by atoms with Gasteiger partial charge in [0.15, 0.2) is 22.2 Å². The summed E-state index contributed by atoms with van der Waals surface area (Å²) in [5.74, 6) is -5.03. The van der Waals surface area contributed by atoms with Gasteiger partial charge in [-0.05, 0) is 18.3 Å². The summed E-state index contributed by atoms with van der Waals surface area (Å²) in [5, 5.41) is -0.123. The Morgan fingerprint density at radius 1 is 0.952 bits per heavy atom. The number of benzene rings is 2. The molecule has 0 spiro atoms. The number of aromatic nitrogens is 2. The van der Waals surface area contributed by atoms with Crippen molar-refractivity contribution in [3.05, 3.63) is 57.3 Å². The maximum Gasteiger partial charge on any atom is 0.194 e. The molecule has 0 atom stereocenters. The van der Waals surface area contributed by atoms with Gasteiger partial charge in [0.2, 0.25) is 0 Å². The molecule has 3 rings (SSSR count). The molecule has 1 heterocycles. The molecule has 21 heavy (non-hydrogen) atoms. The van der Waals surface area contributed by atoms with Crippen LogP contribution in [0.1, 0.15) is 0 Å². The van der Waals surface area contributed by atoms with E-state index in [1.165, 1.54) is 10.6 Å². The average molecular weight is 333 g/mol. The van der Waals surface area contributed by atoms with Gasteiger partial charge >= 0.3 is 0 Å². The molecule has 108 valence electrons. The molecule has 0 aliphatic carbocycles. The number of hydrogen-bond donors (Lipinski definition) is 1. The van der Waals surface area contributed by atoms with E-state index in [1.807, 2.05) is 0 Å². The highest BCUT2D eigenvalue weighted by atomic mass is 35.5. The third-order valence-electron chi connectivity index (χ3n) is 2.95. The molecular formula is C13H5ClF4N2S. The number of imidazole rings is 1. The zero-order valence-corrected chi connectivity index (χ0v) is 11.6. The fourth-order valence-corrected chi connectivity index (χ4v) is 2.51. The minimum atomic E-state index is -1.58. The summed E-state index contributed by atoms with van der Waals surface area (Å²) in [6.07, 6.45) is 0. The van der Waals surface area contributed by atoms with Crippen molar-refractivity contribution in [2.45, 2.75) is 0 Å². The Labute approximate surface area is 125 Å². The van der Waals surface area contributed by atoms with Gasteiger partial charge in [-0.3, -0.25) is 4.57 Å². The lowest BCUT2D eigenvalue weighted by molar-refractivity contribution is 0.446. The molecule has 1 N–H and O–H groups in total. The summed E-state index contributed by atoms with van der Waals surface area (Å²) in [6.45, 7) is 0. The third-order valence-corrected chi connectivity index (χ3v) is 3.53. The maximum absolute atomic E-state index is 13.6. The Morgan fingerprint density at radius 2 is 1.57 bits per heavy atom. The van der Waals surface area contributed by atoms with Crippen LogP contribution in [0, 0.1) is 28.0 Å². The van der Waals surface area contributed by atoms with E-state index in [2.05, 4.69) is 4.98 Å². The van der Waals surface area contributed by atoms with E-state index >= 15 is 0 Å². The Kier molecular flexibility index (Phi) is 3.26. The number of nitrogens with zero attached hydrogens (tertiary/aromatic N) is 1. The molecule has 2 nitrogen and oxygen atoms in total. The van der Waals surface area contributed by atoms with E-state index in [0.717, 1.165) is 18.2 Å². The van der Waals surface area contributed by atoms with Gasteiger partial charge in [0.25, 0.3) is 0 Å². The van der Waals surface area contributed by atoms with Crippen LogP contribution in [0.4, 0.5) is 17.6 Å². The fraction of sp³-hybridized carbons (Fsp3) is 0. The van der Waals surface area contributed by atoms with Crippen molar-refractivity contribution in [3.8, 4) is 5.69 Å². The van der Waals surface area contributed by atoms with Gasteiger partial charge < -0.3 is 4.98 Å². The highest BCUT2D eigenvalue weighted by Crippen LogP contribution is 2.26. The second-order valence-electron chi connectivity index (χ2n) is 4.27. The minimum absolute atomic E-state index is 0.0654. The monoisotopic (exact) mass is 332 g/mol. The van der Waals surface area contributed by atoms with Crippen molar-refractivity contribution >= 4 is 34.9 Å². The Balaban J connectivity index is 2.37. The maximum atomic E-state index is 13.6. The van der Waals surface area contributed by atoms with E-state index in [-0.39, 0.29) is 21.0 Å². The topological polar surface area (TPSA) is 20.7 Å². The number of halogens is 5. The van der Waals surface area contributed by atoms with Crippen LogP contribution in [0.15, 0.2) is 24.3 Å². The molecule has 0 aliphatic rings. The number of H-pyrrole nitrogens is 1. The van der Waals surface area contributed by atoms with Crippen LogP contribution in [0.25, 0.3) is 16.7 Å². The van der Waals surface area contributed by atoms with Crippen molar-refractivity contribution < 1.29 is 17.6 Å². The van der Waals surface area contributed by atoms with Gasteiger partial charge in [0.05, 0.1) is 21.7 Å². The van der Waals surface area contributed by atoms with Gasteiger partial charge in [0.1, 0.15) is 5.82 Å². The second kappa shape index (κ2) is 4.85. The van der Waals surface area contributed by atoms with E-state index < -0.39 is 23.3 Å². The van der Waals surface area contributed by atoms with Crippen LogP contribution >= 0.6 is 23.8 Å². The Hall–Kier alpha value is -1.86. The van der Waals surface area contributed by atoms with E-state index in [0.29, 0.717) is 5.52 Å². The van der Waals surface area contributed by atoms with E-state index in [9.17, 15) is 17.6 Å². The predicted octanol–water partition coefficient (Wildman–Crippen LogP) is 4.90. The van der Waals surface area contributed by atoms with Crippen LogP contribution in [-0.2, 0) is 0 Å². The molecule has 0 saturated carbocycles. The van der Waals surface area contributed by atoms with Crippen LogP contribution in [0.3, 0.4) is 0 Å². The Morgan fingerprint density at radius 3 is 2.19 bits per heavy atom. The van der Waals surface area contributed by atoms with Gasteiger partial charge in [-0.15, -0.1) is 0 Å². The summed E-state index contributed by atoms with van der Waals surface area (Å²) in [6, 6.07) is 3.92. The highest BCUT2D eigenvalue weighted by molar-refractivity contribution is 7.71. The zero-order chi connectivity index (χ0) is 15.3. The number of rotatable bonds is 1. The van der Waals surface area contributed by atoms with E-state index in [4.69, 9.17) is 23.8 Å². The molecular weight excluding hydrogens is 328 g/mol. The van der Waals surface area contributed by atoms with Crippen molar-refractivity contribution in [2.24, 2.45) is 0 Å². The average Bonchev–Trinajstić information content (AvgIpc) is 2.71. The predicted molar refractivity (Wildman–Crippen MR) is 73.3 cm³/mol. The lowest BCUT2D eigenvalue weighted by Gasteiger charge is -2.06. The molecule has 0 aliphatic heterocycles. The second-order valence-corrected chi connectivity index (χ2v) is 5.07. The molecule has 0 bridgehead atoms. The summed E-state index contributed by atoms with van der Waals surface area (Å²) in [7, 11) is 0. The van der Waals surface area contributed by atoms with Crippen molar-refractivity contribution in [1.82, 2.24) is 9.55 Å². The third kappa shape index (κ3) is 2.22. The summed E-state index contributed by atoms with van der Waals surface area (Å²) >= 11 is 10.7. The van der Waals surface area contributed by atoms with Crippen LogP contribution < -0.4 is 0 Å². The number of fused-ring (bicyclic) bond motifs is 1. The minimum Gasteiger partial charge on any atom is -0.330 e. The van der Waals surface area contributed by atoms with Gasteiger partial charge in [-0.1, -0.05) is 11.6 Å². The quantitative estimate of drug-likeness (QED) is 0.382. The van der Waals surface area contributed by atoms with Gasteiger partial charge in [0, 0.05) is 18.2 Å². The summed E-state index contributed by atoms with van der Waals surface area (Å²) < 4.78 is 54.5. The number of hydrogen-bond acceptors (Lipinski definition) is 1. The molecule has 0 radical (unpaired) electrons. The number of nitrogens with one attached hydrogen (secondary N) is 1. The molecule has 0 unspecified atom stereocenters. The lowest BCUT2D eigenvalue weighted by atomic mass is 10.2. The first-order valence-corrected chi connectivity index (χ1v) is 6.42. The van der Waals surface area contributed by atoms with Gasteiger partial charge in [-0.2, -0.15) is 0 Å². The molecule has 2 aromatic carbocycles. The largest absolute Gasteiger partial charge is 0.330 e. The fourth-order valence-electron chi connectivity index (χ4n) is 2.03. The molecule has 1 aromatic heterocycles. The van der Waals surface area contributed by atoms with Crippen LogP contribution in [0.5, 0.6) is 0 Å². The highest BCUT2D eigenvalue weighted by Gasteiger charge is 2.15.